The van der Waals surface area contributed by atoms with Crippen LogP contribution in [0.25, 0.3) is 0 Å². The SMILES string of the molecule is CC1CN(C)CCC1NC(=O)C(N)c1cccs1. The third kappa shape index (κ3) is 3.10. The zero-order chi connectivity index (χ0) is 13.1. The number of piperidine rings is 1. The molecule has 1 amide bonds. The van der Waals surface area contributed by atoms with Gasteiger partial charge in [0.1, 0.15) is 6.04 Å². The van der Waals surface area contributed by atoms with E-state index in [0.717, 1.165) is 24.4 Å². The fourth-order valence-corrected chi connectivity index (χ4v) is 3.16. The van der Waals surface area contributed by atoms with Crippen LogP contribution in [0.5, 0.6) is 0 Å². The van der Waals surface area contributed by atoms with Crippen LogP contribution in [-0.4, -0.2) is 37.0 Å². The topological polar surface area (TPSA) is 58.4 Å². The van der Waals surface area contributed by atoms with Crippen LogP contribution in [0.2, 0.25) is 0 Å². The van der Waals surface area contributed by atoms with Gasteiger partial charge in [0.2, 0.25) is 5.91 Å². The molecule has 0 aliphatic carbocycles. The van der Waals surface area contributed by atoms with Gasteiger partial charge in [0.15, 0.2) is 0 Å². The summed E-state index contributed by atoms with van der Waals surface area (Å²) in [6.45, 7) is 4.24. The Bertz CT molecular complexity index is 393. The zero-order valence-corrected chi connectivity index (χ0v) is 11.7. The molecule has 1 aliphatic heterocycles. The van der Waals surface area contributed by atoms with Crippen molar-refractivity contribution >= 4 is 17.2 Å². The van der Waals surface area contributed by atoms with Gasteiger partial charge in [0.25, 0.3) is 0 Å². The summed E-state index contributed by atoms with van der Waals surface area (Å²) in [4.78, 5) is 15.3. The monoisotopic (exact) mass is 267 g/mol. The Morgan fingerprint density at radius 1 is 1.67 bits per heavy atom. The Morgan fingerprint density at radius 3 is 3.06 bits per heavy atom. The second-order valence-electron chi connectivity index (χ2n) is 5.14. The van der Waals surface area contributed by atoms with E-state index >= 15 is 0 Å². The number of hydrogen-bond donors (Lipinski definition) is 2. The predicted molar refractivity (Wildman–Crippen MR) is 74.5 cm³/mol. The maximum Gasteiger partial charge on any atom is 0.242 e. The highest BCUT2D eigenvalue weighted by Crippen LogP contribution is 2.19. The third-order valence-electron chi connectivity index (χ3n) is 3.57. The molecule has 5 heteroatoms. The molecule has 2 heterocycles. The van der Waals surface area contributed by atoms with Crippen molar-refractivity contribution in [1.29, 1.82) is 0 Å². The van der Waals surface area contributed by atoms with Crippen molar-refractivity contribution in [2.24, 2.45) is 11.7 Å². The average Bonchev–Trinajstić information content (AvgIpc) is 2.85. The molecule has 4 nitrogen and oxygen atoms in total. The Morgan fingerprint density at radius 2 is 2.44 bits per heavy atom. The normalized spacial score (nSPS) is 26.8. The fourth-order valence-electron chi connectivity index (χ4n) is 2.44. The van der Waals surface area contributed by atoms with Crippen LogP contribution in [0.4, 0.5) is 0 Å². The summed E-state index contributed by atoms with van der Waals surface area (Å²) in [5, 5.41) is 5.04. The first-order valence-electron chi connectivity index (χ1n) is 6.36. The van der Waals surface area contributed by atoms with Gasteiger partial charge in [-0.05, 0) is 37.4 Å². The molecule has 0 aromatic carbocycles. The highest BCUT2D eigenvalue weighted by molar-refractivity contribution is 7.10. The predicted octanol–water partition coefficient (Wildman–Crippen LogP) is 1.20. The fraction of sp³-hybridized carbons (Fsp3) is 0.615. The van der Waals surface area contributed by atoms with Crippen molar-refractivity contribution in [2.45, 2.75) is 25.4 Å². The van der Waals surface area contributed by atoms with Crippen molar-refractivity contribution < 1.29 is 4.79 Å². The van der Waals surface area contributed by atoms with Gasteiger partial charge in [-0.15, -0.1) is 11.3 Å². The number of hydrogen-bond acceptors (Lipinski definition) is 4. The molecule has 0 spiro atoms. The molecule has 0 saturated carbocycles. The third-order valence-corrected chi connectivity index (χ3v) is 4.52. The molecule has 100 valence electrons. The second kappa shape index (κ2) is 5.82. The van der Waals surface area contributed by atoms with Crippen molar-refractivity contribution in [3.63, 3.8) is 0 Å². The van der Waals surface area contributed by atoms with Gasteiger partial charge in [0, 0.05) is 17.5 Å². The molecule has 3 N–H and O–H groups in total. The number of nitrogens with two attached hydrogens (primary N) is 1. The maximum absolute atomic E-state index is 12.1. The molecular formula is C13H21N3OS. The minimum atomic E-state index is -0.531. The number of carbonyl (C=O) groups excluding carboxylic acids is 1. The molecule has 1 aliphatic rings. The molecule has 18 heavy (non-hydrogen) atoms. The molecule has 1 saturated heterocycles. The quantitative estimate of drug-likeness (QED) is 0.865. The van der Waals surface area contributed by atoms with Crippen molar-refractivity contribution in [3.05, 3.63) is 22.4 Å². The molecule has 0 radical (unpaired) electrons. The first-order valence-corrected chi connectivity index (χ1v) is 7.24. The lowest BCUT2D eigenvalue weighted by Crippen LogP contribution is -2.50. The number of thiophene rings is 1. The Labute approximate surface area is 112 Å². The van der Waals surface area contributed by atoms with Gasteiger partial charge in [0.05, 0.1) is 0 Å². The lowest BCUT2D eigenvalue weighted by Gasteiger charge is -2.35. The van der Waals surface area contributed by atoms with E-state index in [1.807, 2.05) is 17.5 Å². The van der Waals surface area contributed by atoms with Crippen LogP contribution in [0.1, 0.15) is 24.3 Å². The van der Waals surface area contributed by atoms with E-state index < -0.39 is 6.04 Å². The van der Waals surface area contributed by atoms with Crippen molar-refractivity contribution in [1.82, 2.24) is 10.2 Å². The van der Waals surface area contributed by atoms with Gasteiger partial charge in [-0.1, -0.05) is 13.0 Å². The van der Waals surface area contributed by atoms with E-state index in [9.17, 15) is 4.79 Å². The van der Waals surface area contributed by atoms with E-state index in [-0.39, 0.29) is 11.9 Å². The van der Waals surface area contributed by atoms with Crippen molar-refractivity contribution in [3.8, 4) is 0 Å². The standard InChI is InChI=1S/C13H21N3OS/c1-9-8-16(2)6-5-10(9)15-13(17)12(14)11-4-3-7-18-11/h3-4,7,9-10,12H,5-6,8,14H2,1-2H3,(H,15,17). The Hall–Kier alpha value is -0.910. The Kier molecular flexibility index (Phi) is 4.37. The van der Waals surface area contributed by atoms with E-state index in [1.165, 1.54) is 11.3 Å². The molecule has 3 unspecified atom stereocenters. The minimum absolute atomic E-state index is 0.0566. The number of nitrogens with one attached hydrogen (secondary N) is 1. The molecular weight excluding hydrogens is 246 g/mol. The van der Waals surface area contributed by atoms with Crippen LogP contribution in [0, 0.1) is 5.92 Å². The lowest BCUT2D eigenvalue weighted by atomic mass is 9.94. The summed E-state index contributed by atoms with van der Waals surface area (Å²) in [6, 6.07) is 3.55. The molecule has 1 fully saturated rings. The van der Waals surface area contributed by atoms with Crippen LogP contribution in [-0.2, 0) is 4.79 Å². The van der Waals surface area contributed by atoms with E-state index in [4.69, 9.17) is 5.73 Å². The molecule has 2 rings (SSSR count). The van der Waals surface area contributed by atoms with Crippen molar-refractivity contribution in [2.75, 3.05) is 20.1 Å². The molecule has 1 aromatic heterocycles. The highest BCUT2D eigenvalue weighted by Gasteiger charge is 2.27. The number of likely N-dealkylation sites (tertiary alicyclic amines) is 1. The van der Waals surface area contributed by atoms with Crippen LogP contribution in [0.3, 0.4) is 0 Å². The number of carbonyl (C=O) groups is 1. The van der Waals surface area contributed by atoms with E-state index in [2.05, 4.69) is 24.2 Å². The summed E-state index contributed by atoms with van der Waals surface area (Å²) in [5.74, 6) is 0.419. The summed E-state index contributed by atoms with van der Waals surface area (Å²) >= 11 is 1.53. The molecule has 0 bridgehead atoms. The zero-order valence-electron chi connectivity index (χ0n) is 10.9. The van der Waals surface area contributed by atoms with Gasteiger partial charge in [-0.25, -0.2) is 0 Å². The smallest absolute Gasteiger partial charge is 0.242 e. The summed E-state index contributed by atoms with van der Waals surface area (Å²) < 4.78 is 0. The number of amides is 1. The second-order valence-corrected chi connectivity index (χ2v) is 6.12. The van der Waals surface area contributed by atoms with Gasteiger partial charge < -0.3 is 16.0 Å². The Balaban J connectivity index is 1.91. The average molecular weight is 267 g/mol. The molecule has 3 atom stereocenters. The van der Waals surface area contributed by atoms with Gasteiger partial charge in [-0.2, -0.15) is 0 Å². The molecule has 1 aromatic rings. The minimum Gasteiger partial charge on any atom is -0.351 e. The van der Waals surface area contributed by atoms with Crippen LogP contribution < -0.4 is 11.1 Å². The maximum atomic E-state index is 12.1. The largest absolute Gasteiger partial charge is 0.351 e. The van der Waals surface area contributed by atoms with Crippen LogP contribution >= 0.6 is 11.3 Å². The summed E-state index contributed by atoms with van der Waals surface area (Å²) in [6.07, 6.45) is 1.00. The summed E-state index contributed by atoms with van der Waals surface area (Å²) in [5.41, 5.74) is 5.96. The number of rotatable bonds is 3. The highest BCUT2D eigenvalue weighted by atomic mass is 32.1. The first kappa shape index (κ1) is 13.5. The first-order chi connectivity index (χ1) is 8.58. The summed E-state index contributed by atoms with van der Waals surface area (Å²) in [7, 11) is 2.12. The van der Waals surface area contributed by atoms with Gasteiger partial charge >= 0.3 is 0 Å². The van der Waals surface area contributed by atoms with Gasteiger partial charge in [-0.3, -0.25) is 4.79 Å². The van der Waals surface area contributed by atoms with E-state index in [0.29, 0.717) is 5.92 Å². The lowest BCUT2D eigenvalue weighted by molar-refractivity contribution is -0.123. The van der Waals surface area contributed by atoms with Crippen LogP contribution in [0.15, 0.2) is 17.5 Å². The number of nitrogens with zero attached hydrogens (tertiary/aromatic N) is 1. The van der Waals surface area contributed by atoms with E-state index in [1.54, 1.807) is 0 Å².